The largest absolute Gasteiger partial charge is 0.119 e. The van der Waals surface area contributed by atoms with Gasteiger partial charge in [-0.05, 0) is 18.8 Å². The van der Waals surface area contributed by atoms with E-state index in [2.05, 4.69) is 34.6 Å². The Balaban J connectivity index is 3.88. The summed E-state index contributed by atoms with van der Waals surface area (Å²) in [5.74, 6) is 0. The van der Waals surface area contributed by atoms with Crippen molar-refractivity contribution in [1.82, 2.24) is 0 Å². The smallest absolute Gasteiger partial charge is 0.0466 e. The van der Waals surface area contributed by atoms with Gasteiger partial charge in [-0.2, -0.15) is 0 Å². The third-order valence-electron chi connectivity index (χ3n) is 2.81. The van der Waals surface area contributed by atoms with Crippen molar-refractivity contribution in [3.63, 3.8) is 0 Å². The second-order valence-corrected chi connectivity index (χ2v) is 5.74. The predicted octanol–water partition coefficient (Wildman–Crippen LogP) is 4.61. The van der Waals surface area contributed by atoms with E-state index in [0.29, 0.717) is 0 Å². The molecule has 0 aromatic carbocycles. The zero-order chi connectivity index (χ0) is 9.83. The number of rotatable bonds is 4. The molecule has 74 valence electrons. The van der Waals surface area contributed by atoms with E-state index in [1.165, 1.54) is 19.3 Å². The molecule has 1 heteroatoms. The maximum atomic E-state index is 6.45. The molecule has 0 aliphatic heterocycles. The van der Waals surface area contributed by atoms with E-state index >= 15 is 0 Å². The Morgan fingerprint density at radius 1 is 1.00 bits per heavy atom. The first kappa shape index (κ1) is 12.3. The summed E-state index contributed by atoms with van der Waals surface area (Å²) in [6.07, 6.45) is 4.97. The van der Waals surface area contributed by atoms with E-state index in [4.69, 9.17) is 11.6 Å². The first-order valence-electron chi connectivity index (χ1n) is 5.00. The number of alkyl halides is 1. The van der Waals surface area contributed by atoms with Crippen molar-refractivity contribution in [2.45, 2.75) is 65.2 Å². The van der Waals surface area contributed by atoms with E-state index in [1.807, 2.05) is 0 Å². The van der Waals surface area contributed by atoms with Crippen molar-refractivity contribution in [2.24, 2.45) is 5.41 Å². The van der Waals surface area contributed by atoms with Gasteiger partial charge in [0.15, 0.2) is 0 Å². The molecule has 0 spiro atoms. The van der Waals surface area contributed by atoms with Crippen LogP contribution in [0.4, 0.5) is 0 Å². The zero-order valence-electron chi connectivity index (χ0n) is 9.21. The lowest BCUT2D eigenvalue weighted by Gasteiger charge is -2.36. The van der Waals surface area contributed by atoms with E-state index in [9.17, 15) is 0 Å². The van der Waals surface area contributed by atoms with Crippen molar-refractivity contribution in [1.29, 1.82) is 0 Å². The Labute approximate surface area is 82.7 Å². The number of hydrogen-bond acceptors (Lipinski definition) is 0. The standard InChI is InChI=1S/C11H23Cl/c1-6-7-8-9-11(5,12)10(2,3)4/h6-9H2,1-5H3. The highest BCUT2D eigenvalue weighted by Crippen LogP contribution is 2.39. The van der Waals surface area contributed by atoms with Gasteiger partial charge in [-0.1, -0.05) is 47.0 Å². The summed E-state index contributed by atoms with van der Waals surface area (Å²) in [7, 11) is 0. The SMILES string of the molecule is CCCCCC(C)(Cl)C(C)(C)C. The molecule has 0 bridgehead atoms. The molecular formula is C11H23Cl. The molecule has 1 unspecified atom stereocenters. The third-order valence-corrected chi connectivity index (χ3v) is 3.57. The van der Waals surface area contributed by atoms with Gasteiger partial charge in [0, 0.05) is 4.87 Å². The van der Waals surface area contributed by atoms with E-state index in [1.54, 1.807) is 0 Å². The molecule has 12 heavy (non-hydrogen) atoms. The Hall–Kier alpha value is 0.290. The molecule has 0 fully saturated rings. The minimum Gasteiger partial charge on any atom is -0.119 e. The minimum atomic E-state index is -0.0395. The van der Waals surface area contributed by atoms with Crippen LogP contribution < -0.4 is 0 Å². The predicted molar refractivity (Wildman–Crippen MR) is 57.9 cm³/mol. The first-order chi connectivity index (χ1) is 5.31. The fourth-order valence-corrected chi connectivity index (χ4v) is 1.22. The third kappa shape index (κ3) is 3.80. The van der Waals surface area contributed by atoms with Gasteiger partial charge in [0.25, 0.3) is 0 Å². The second kappa shape index (κ2) is 4.50. The maximum Gasteiger partial charge on any atom is 0.0466 e. The summed E-state index contributed by atoms with van der Waals surface area (Å²) in [6.45, 7) is 11.0. The van der Waals surface area contributed by atoms with Crippen molar-refractivity contribution in [3.05, 3.63) is 0 Å². The van der Waals surface area contributed by atoms with E-state index < -0.39 is 0 Å². The maximum absolute atomic E-state index is 6.45. The monoisotopic (exact) mass is 190 g/mol. The van der Waals surface area contributed by atoms with Crippen LogP contribution in [-0.2, 0) is 0 Å². The van der Waals surface area contributed by atoms with Gasteiger partial charge < -0.3 is 0 Å². The van der Waals surface area contributed by atoms with Gasteiger partial charge in [0.05, 0.1) is 0 Å². The topological polar surface area (TPSA) is 0 Å². The quantitative estimate of drug-likeness (QED) is 0.449. The molecule has 0 N–H and O–H groups in total. The highest BCUT2D eigenvalue weighted by atomic mass is 35.5. The van der Waals surface area contributed by atoms with Crippen molar-refractivity contribution >= 4 is 11.6 Å². The Morgan fingerprint density at radius 2 is 1.50 bits per heavy atom. The summed E-state index contributed by atoms with van der Waals surface area (Å²) in [5.41, 5.74) is 0.211. The number of unbranched alkanes of at least 4 members (excludes halogenated alkanes) is 2. The molecule has 0 saturated heterocycles. The van der Waals surface area contributed by atoms with Crippen LogP contribution in [0.1, 0.15) is 60.3 Å². The van der Waals surface area contributed by atoms with Crippen molar-refractivity contribution in [2.75, 3.05) is 0 Å². The number of hydrogen-bond donors (Lipinski definition) is 0. The molecule has 0 aromatic rings. The lowest BCUT2D eigenvalue weighted by atomic mass is 9.78. The van der Waals surface area contributed by atoms with Crippen LogP contribution in [0.3, 0.4) is 0 Å². The van der Waals surface area contributed by atoms with Crippen LogP contribution in [0.2, 0.25) is 0 Å². The Morgan fingerprint density at radius 3 is 1.83 bits per heavy atom. The Kier molecular flexibility index (Phi) is 4.61. The van der Waals surface area contributed by atoms with Gasteiger partial charge in [-0.25, -0.2) is 0 Å². The van der Waals surface area contributed by atoms with Crippen LogP contribution in [0.15, 0.2) is 0 Å². The molecule has 0 aliphatic rings. The summed E-state index contributed by atoms with van der Waals surface area (Å²) < 4.78 is 0. The lowest BCUT2D eigenvalue weighted by Crippen LogP contribution is -2.33. The molecule has 0 saturated carbocycles. The lowest BCUT2D eigenvalue weighted by molar-refractivity contribution is 0.271. The normalized spacial score (nSPS) is 17.5. The van der Waals surface area contributed by atoms with Gasteiger partial charge >= 0.3 is 0 Å². The fourth-order valence-electron chi connectivity index (χ4n) is 1.08. The van der Waals surface area contributed by atoms with Crippen LogP contribution in [0.5, 0.6) is 0 Å². The van der Waals surface area contributed by atoms with Crippen LogP contribution >= 0.6 is 11.6 Å². The molecule has 0 amide bonds. The fraction of sp³-hybridized carbons (Fsp3) is 1.00. The van der Waals surface area contributed by atoms with Gasteiger partial charge in [0.1, 0.15) is 0 Å². The molecule has 1 atom stereocenters. The summed E-state index contributed by atoms with van der Waals surface area (Å²) in [6, 6.07) is 0. The summed E-state index contributed by atoms with van der Waals surface area (Å²) in [4.78, 5) is -0.0395. The average Bonchev–Trinajstić information content (AvgIpc) is 1.85. The molecular weight excluding hydrogens is 168 g/mol. The van der Waals surface area contributed by atoms with Gasteiger partial charge in [0.2, 0.25) is 0 Å². The van der Waals surface area contributed by atoms with Crippen LogP contribution in [0, 0.1) is 5.41 Å². The highest BCUT2D eigenvalue weighted by molar-refractivity contribution is 6.24. The molecule has 0 radical (unpaired) electrons. The average molecular weight is 191 g/mol. The molecule has 0 aliphatic carbocycles. The van der Waals surface area contributed by atoms with E-state index in [0.717, 1.165) is 6.42 Å². The zero-order valence-corrected chi connectivity index (χ0v) is 9.96. The summed E-state index contributed by atoms with van der Waals surface area (Å²) in [5, 5.41) is 0. The number of halogens is 1. The van der Waals surface area contributed by atoms with Crippen molar-refractivity contribution in [3.8, 4) is 0 Å². The van der Waals surface area contributed by atoms with Crippen LogP contribution in [0.25, 0.3) is 0 Å². The van der Waals surface area contributed by atoms with Gasteiger partial charge in [-0.3, -0.25) is 0 Å². The summed E-state index contributed by atoms with van der Waals surface area (Å²) >= 11 is 6.45. The minimum absolute atomic E-state index is 0.0395. The first-order valence-corrected chi connectivity index (χ1v) is 5.38. The van der Waals surface area contributed by atoms with E-state index in [-0.39, 0.29) is 10.3 Å². The van der Waals surface area contributed by atoms with Crippen molar-refractivity contribution < 1.29 is 0 Å². The molecule has 0 rings (SSSR count). The molecule has 0 heterocycles. The molecule has 0 aromatic heterocycles. The van der Waals surface area contributed by atoms with Crippen LogP contribution in [-0.4, -0.2) is 4.87 Å². The second-order valence-electron chi connectivity index (χ2n) is 4.90. The molecule has 0 nitrogen and oxygen atoms in total. The Bertz CT molecular complexity index is 119. The van der Waals surface area contributed by atoms with Gasteiger partial charge in [-0.15, -0.1) is 11.6 Å². The highest BCUT2D eigenvalue weighted by Gasteiger charge is 2.34.